The van der Waals surface area contributed by atoms with Crippen LogP contribution in [0.4, 0.5) is 5.69 Å². The maximum atomic E-state index is 12.4. The number of nitrogen functional groups attached to an aromatic ring is 1. The van der Waals surface area contributed by atoms with Crippen molar-refractivity contribution in [3.63, 3.8) is 0 Å². The molecule has 0 unspecified atom stereocenters. The summed E-state index contributed by atoms with van der Waals surface area (Å²) in [7, 11) is 0. The molecule has 102 valence electrons. The molecule has 0 spiro atoms. The number of hydrogen-bond acceptors (Lipinski definition) is 3. The van der Waals surface area contributed by atoms with E-state index >= 15 is 0 Å². The van der Waals surface area contributed by atoms with Crippen molar-refractivity contribution in [1.82, 2.24) is 5.32 Å². The highest BCUT2D eigenvalue weighted by Crippen LogP contribution is 2.49. The van der Waals surface area contributed by atoms with Crippen LogP contribution in [0.5, 0.6) is 0 Å². The SMILES string of the molecule is Nc1ccc(C2(C(=O)NCC3(CO)CC3)CC2)cc1. The molecule has 2 aliphatic carbocycles. The van der Waals surface area contributed by atoms with Gasteiger partial charge in [0.05, 0.1) is 12.0 Å². The first-order valence-corrected chi connectivity index (χ1v) is 6.86. The molecule has 0 heterocycles. The Morgan fingerprint density at radius 2 is 1.84 bits per heavy atom. The highest BCUT2D eigenvalue weighted by atomic mass is 16.3. The average Bonchev–Trinajstić information content (AvgIpc) is 3.32. The molecule has 4 nitrogen and oxygen atoms in total. The van der Waals surface area contributed by atoms with Crippen LogP contribution >= 0.6 is 0 Å². The molecule has 0 bridgehead atoms. The second-order valence-electron chi connectivity index (χ2n) is 6.04. The molecule has 2 aliphatic rings. The minimum atomic E-state index is -0.348. The Hall–Kier alpha value is -1.55. The number of aliphatic hydroxyl groups is 1. The fourth-order valence-electron chi connectivity index (χ4n) is 2.58. The summed E-state index contributed by atoms with van der Waals surface area (Å²) in [6.07, 6.45) is 3.82. The molecule has 19 heavy (non-hydrogen) atoms. The first kappa shape index (κ1) is 12.5. The zero-order chi connectivity index (χ0) is 13.5. The molecular weight excluding hydrogens is 240 g/mol. The van der Waals surface area contributed by atoms with Gasteiger partial charge in [-0.05, 0) is 43.4 Å². The van der Waals surface area contributed by atoms with Gasteiger partial charge in [0.2, 0.25) is 5.91 Å². The topological polar surface area (TPSA) is 75.4 Å². The number of carbonyl (C=O) groups excluding carboxylic acids is 1. The van der Waals surface area contributed by atoms with Gasteiger partial charge in [-0.1, -0.05) is 12.1 Å². The van der Waals surface area contributed by atoms with Crippen molar-refractivity contribution >= 4 is 11.6 Å². The summed E-state index contributed by atoms with van der Waals surface area (Å²) in [6, 6.07) is 7.58. The summed E-state index contributed by atoms with van der Waals surface area (Å²) in [5.74, 6) is 0.0944. The first-order chi connectivity index (χ1) is 9.10. The molecule has 4 heteroatoms. The molecule has 0 atom stereocenters. The number of benzene rings is 1. The fraction of sp³-hybridized carbons (Fsp3) is 0.533. The largest absolute Gasteiger partial charge is 0.399 e. The minimum absolute atomic E-state index is 0.0349. The molecular formula is C15H20N2O2. The summed E-state index contributed by atoms with van der Waals surface area (Å²) in [4.78, 5) is 12.4. The average molecular weight is 260 g/mol. The van der Waals surface area contributed by atoms with E-state index in [2.05, 4.69) is 5.32 Å². The Kier molecular flexibility index (Phi) is 2.78. The van der Waals surface area contributed by atoms with Gasteiger partial charge in [0.1, 0.15) is 0 Å². The highest BCUT2D eigenvalue weighted by Gasteiger charge is 2.52. The van der Waals surface area contributed by atoms with E-state index in [0.717, 1.165) is 36.9 Å². The lowest BCUT2D eigenvalue weighted by Crippen LogP contribution is -2.39. The predicted octanol–water partition coefficient (Wildman–Crippen LogP) is 1.19. The second-order valence-corrected chi connectivity index (χ2v) is 6.04. The van der Waals surface area contributed by atoms with Crippen molar-refractivity contribution in [3.05, 3.63) is 29.8 Å². The van der Waals surface area contributed by atoms with Crippen molar-refractivity contribution < 1.29 is 9.90 Å². The quantitative estimate of drug-likeness (QED) is 0.696. The summed E-state index contributed by atoms with van der Waals surface area (Å²) in [5, 5.41) is 12.3. The van der Waals surface area contributed by atoms with E-state index in [-0.39, 0.29) is 23.3 Å². The first-order valence-electron chi connectivity index (χ1n) is 6.86. The number of nitrogens with one attached hydrogen (secondary N) is 1. The van der Waals surface area contributed by atoms with E-state index in [4.69, 9.17) is 5.73 Å². The molecule has 0 saturated heterocycles. The third-order valence-electron chi connectivity index (χ3n) is 4.56. The smallest absolute Gasteiger partial charge is 0.230 e. The van der Waals surface area contributed by atoms with Crippen LogP contribution in [0, 0.1) is 5.41 Å². The summed E-state index contributed by atoms with van der Waals surface area (Å²) >= 11 is 0. The summed E-state index contributed by atoms with van der Waals surface area (Å²) < 4.78 is 0. The van der Waals surface area contributed by atoms with Gasteiger partial charge >= 0.3 is 0 Å². The minimum Gasteiger partial charge on any atom is -0.399 e. The van der Waals surface area contributed by atoms with E-state index in [1.165, 1.54) is 0 Å². The molecule has 2 saturated carbocycles. The molecule has 1 amide bonds. The predicted molar refractivity (Wildman–Crippen MR) is 73.5 cm³/mol. The van der Waals surface area contributed by atoms with Crippen LogP contribution in [-0.4, -0.2) is 24.2 Å². The van der Waals surface area contributed by atoms with Crippen LogP contribution in [0.2, 0.25) is 0 Å². The number of rotatable bonds is 5. The van der Waals surface area contributed by atoms with Gasteiger partial charge in [0.25, 0.3) is 0 Å². The van der Waals surface area contributed by atoms with Crippen molar-refractivity contribution in [2.24, 2.45) is 5.41 Å². The Morgan fingerprint density at radius 1 is 1.21 bits per heavy atom. The zero-order valence-electron chi connectivity index (χ0n) is 11.0. The highest BCUT2D eigenvalue weighted by molar-refractivity contribution is 5.91. The maximum absolute atomic E-state index is 12.4. The van der Waals surface area contributed by atoms with Gasteiger partial charge in [-0.2, -0.15) is 0 Å². The molecule has 1 aromatic rings. The standard InChI is InChI=1S/C15H20N2O2/c16-12-3-1-11(2-4-12)15(7-8-15)13(19)17-9-14(10-18)5-6-14/h1-4,18H,5-10,16H2,(H,17,19). The number of anilines is 1. The Morgan fingerprint density at radius 3 is 2.32 bits per heavy atom. The molecule has 1 aromatic carbocycles. The number of aliphatic hydroxyl groups excluding tert-OH is 1. The molecule has 0 radical (unpaired) electrons. The number of nitrogens with two attached hydrogens (primary N) is 1. The third-order valence-corrected chi connectivity index (χ3v) is 4.56. The summed E-state index contributed by atoms with van der Waals surface area (Å²) in [5.41, 5.74) is 7.07. The van der Waals surface area contributed by atoms with Gasteiger partial charge in [-0.15, -0.1) is 0 Å². The van der Waals surface area contributed by atoms with E-state index in [9.17, 15) is 9.90 Å². The summed E-state index contributed by atoms with van der Waals surface area (Å²) in [6.45, 7) is 0.765. The number of carbonyl (C=O) groups is 1. The molecule has 3 rings (SSSR count). The van der Waals surface area contributed by atoms with Crippen molar-refractivity contribution in [2.75, 3.05) is 18.9 Å². The maximum Gasteiger partial charge on any atom is 0.230 e. The van der Waals surface area contributed by atoms with Crippen molar-refractivity contribution in [3.8, 4) is 0 Å². The van der Waals surface area contributed by atoms with Gasteiger partial charge in [-0.3, -0.25) is 4.79 Å². The van der Waals surface area contributed by atoms with Crippen molar-refractivity contribution in [2.45, 2.75) is 31.1 Å². The normalized spacial score (nSPS) is 21.7. The molecule has 0 aromatic heterocycles. The van der Waals surface area contributed by atoms with Crippen LogP contribution in [0.15, 0.2) is 24.3 Å². The third kappa shape index (κ3) is 2.21. The molecule has 4 N–H and O–H groups in total. The number of hydrogen-bond donors (Lipinski definition) is 3. The van der Waals surface area contributed by atoms with Gasteiger partial charge in [0, 0.05) is 17.6 Å². The zero-order valence-corrected chi connectivity index (χ0v) is 11.0. The number of amides is 1. The van der Waals surface area contributed by atoms with Crippen LogP contribution in [0.1, 0.15) is 31.2 Å². The lowest BCUT2D eigenvalue weighted by molar-refractivity contribution is -0.123. The van der Waals surface area contributed by atoms with Crippen LogP contribution in [0.3, 0.4) is 0 Å². The van der Waals surface area contributed by atoms with Crippen LogP contribution in [-0.2, 0) is 10.2 Å². The van der Waals surface area contributed by atoms with Crippen LogP contribution < -0.4 is 11.1 Å². The monoisotopic (exact) mass is 260 g/mol. The molecule has 0 aliphatic heterocycles. The Bertz CT molecular complexity index is 487. The van der Waals surface area contributed by atoms with E-state index in [1.807, 2.05) is 24.3 Å². The molecule has 2 fully saturated rings. The van der Waals surface area contributed by atoms with Gasteiger partial charge < -0.3 is 16.2 Å². The Labute approximate surface area is 113 Å². The van der Waals surface area contributed by atoms with E-state index in [1.54, 1.807) is 0 Å². The lowest BCUT2D eigenvalue weighted by atomic mass is 9.94. The van der Waals surface area contributed by atoms with E-state index in [0.29, 0.717) is 6.54 Å². The van der Waals surface area contributed by atoms with Crippen LogP contribution in [0.25, 0.3) is 0 Å². The van der Waals surface area contributed by atoms with Gasteiger partial charge in [0.15, 0.2) is 0 Å². The second kappa shape index (κ2) is 4.23. The lowest BCUT2D eigenvalue weighted by Gasteiger charge is -2.19. The van der Waals surface area contributed by atoms with Crippen molar-refractivity contribution in [1.29, 1.82) is 0 Å². The Balaban J connectivity index is 1.67. The fourth-order valence-corrected chi connectivity index (χ4v) is 2.58. The van der Waals surface area contributed by atoms with E-state index < -0.39 is 0 Å². The van der Waals surface area contributed by atoms with Gasteiger partial charge in [-0.25, -0.2) is 0 Å².